The van der Waals surface area contributed by atoms with Gasteiger partial charge in [0.15, 0.2) is 10.6 Å². The molecule has 4 nitrogen and oxygen atoms in total. The minimum absolute atomic E-state index is 0.0947. The molecule has 6 heteroatoms. The average molecular weight is 251 g/mol. The number of carbonyl (C=O) groups excluding carboxylic acids is 2. The molecule has 1 unspecified atom stereocenters. The van der Waals surface area contributed by atoms with E-state index >= 15 is 0 Å². The van der Waals surface area contributed by atoms with Gasteiger partial charge in [0, 0.05) is 19.5 Å². The second-order valence-electron chi connectivity index (χ2n) is 3.79. The Balaban J connectivity index is 2.11. The van der Waals surface area contributed by atoms with Crippen LogP contribution in [0.25, 0.3) is 0 Å². The molecule has 2 fully saturated rings. The average Bonchev–Trinajstić information content (AvgIpc) is 2.61. The monoisotopic (exact) mass is 250 g/mol. The molecule has 1 amide bonds. The summed E-state index contributed by atoms with van der Waals surface area (Å²) in [5.74, 6) is -0.104. The molecular formula is C9H12Cl2N2O2. The van der Waals surface area contributed by atoms with Gasteiger partial charge in [-0.05, 0) is 12.8 Å². The van der Waals surface area contributed by atoms with Crippen LogP contribution in [0.4, 0.5) is 0 Å². The van der Waals surface area contributed by atoms with Crippen molar-refractivity contribution in [1.82, 2.24) is 10.0 Å². The van der Waals surface area contributed by atoms with Gasteiger partial charge in [0.05, 0.1) is 6.04 Å². The van der Waals surface area contributed by atoms with Crippen molar-refractivity contribution in [3.63, 3.8) is 0 Å². The molecule has 15 heavy (non-hydrogen) atoms. The van der Waals surface area contributed by atoms with Crippen molar-refractivity contribution in [1.29, 1.82) is 0 Å². The number of ketones is 1. The summed E-state index contributed by atoms with van der Waals surface area (Å²) in [6, 6.07) is -0.311. The molecule has 0 saturated carbocycles. The maximum absolute atomic E-state index is 11.7. The van der Waals surface area contributed by atoms with Crippen LogP contribution < -0.4 is 0 Å². The largest absolute Gasteiger partial charge is 0.295 e. The number of halogens is 2. The van der Waals surface area contributed by atoms with E-state index in [4.69, 9.17) is 23.2 Å². The Kier molecular flexibility index (Phi) is 3.19. The van der Waals surface area contributed by atoms with Crippen molar-refractivity contribution in [2.75, 3.05) is 13.1 Å². The first-order valence-corrected chi connectivity index (χ1v) is 5.87. The number of Topliss-reactive ketones (excluding diaryl/α,β-unsaturated/α-hetero) is 1. The third kappa shape index (κ3) is 1.98. The quantitative estimate of drug-likeness (QED) is 0.686. The van der Waals surface area contributed by atoms with E-state index in [-0.39, 0.29) is 17.7 Å². The SMILES string of the molecule is O=C(C(Cl)Cl)C1CCN2C(=O)CCCN12. The van der Waals surface area contributed by atoms with Gasteiger partial charge in [0.25, 0.3) is 0 Å². The molecule has 0 bridgehead atoms. The van der Waals surface area contributed by atoms with E-state index in [2.05, 4.69) is 0 Å². The highest BCUT2D eigenvalue weighted by Gasteiger charge is 2.41. The predicted molar refractivity (Wildman–Crippen MR) is 56.6 cm³/mol. The second-order valence-corrected chi connectivity index (χ2v) is 4.89. The van der Waals surface area contributed by atoms with Crippen molar-refractivity contribution in [3.05, 3.63) is 0 Å². The van der Waals surface area contributed by atoms with E-state index in [0.717, 1.165) is 13.0 Å². The highest BCUT2D eigenvalue weighted by molar-refractivity contribution is 6.54. The Labute approximate surface area is 98.1 Å². The first kappa shape index (κ1) is 11.2. The Morgan fingerprint density at radius 2 is 2.13 bits per heavy atom. The van der Waals surface area contributed by atoms with Crippen LogP contribution in [0.15, 0.2) is 0 Å². The smallest absolute Gasteiger partial charge is 0.236 e. The Morgan fingerprint density at radius 1 is 1.40 bits per heavy atom. The van der Waals surface area contributed by atoms with E-state index in [1.54, 1.807) is 5.01 Å². The normalized spacial score (nSPS) is 27.3. The topological polar surface area (TPSA) is 40.6 Å². The van der Waals surface area contributed by atoms with Gasteiger partial charge in [0.2, 0.25) is 5.91 Å². The molecule has 0 spiro atoms. The number of carbonyl (C=O) groups is 2. The minimum Gasteiger partial charge on any atom is -0.295 e. The van der Waals surface area contributed by atoms with E-state index in [1.807, 2.05) is 5.01 Å². The van der Waals surface area contributed by atoms with Crippen LogP contribution in [0.5, 0.6) is 0 Å². The molecule has 2 rings (SSSR count). The number of rotatable bonds is 2. The van der Waals surface area contributed by atoms with E-state index in [9.17, 15) is 9.59 Å². The molecule has 2 saturated heterocycles. The molecule has 0 radical (unpaired) electrons. The van der Waals surface area contributed by atoms with E-state index in [1.165, 1.54) is 0 Å². The van der Waals surface area contributed by atoms with Gasteiger partial charge in [-0.1, -0.05) is 23.2 Å². The molecule has 2 heterocycles. The Bertz CT molecular complexity index is 296. The first-order chi connectivity index (χ1) is 7.11. The zero-order chi connectivity index (χ0) is 11.0. The molecular weight excluding hydrogens is 239 g/mol. The van der Waals surface area contributed by atoms with Crippen LogP contribution in [0.3, 0.4) is 0 Å². The van der Waals surface area contributed by atoms with Gasteiger partial charge < -0.3 is 0 Å². The number of amides is 1. The predicted octanol–water partition coefficient (Wildman–Crippen LogP) is 0.971. The maximum Gasteiger partial charge on any atom is 0.236 e. The summed E-state index contributed by atoms with van der Waals surface area (Å²) in [5, 5.41) is 3.47. The van der Waals surface area contributed by atoms with E-state index in [0.29, 0.717) is 19.4 Å². The lowest BCUT2D eigenvalue weighted by Gasteiger charge is -2.35. The highest BCUT2D eigenvalue weighted by atomic mass is 35.5. The van der Waals surface area contributed by atoms with Crippen molar-refractivity contribution in [2.45, 2.75) is 30.1 Å². The number of hydrogen-bond acceptors (Lipinski definition) is 3. The lowest BCUT2D eigenvalue weighted by Crippen LogP contribution is -2.51. The fourth-order valence-electron chi connectivity index (χ4n) is 2.19. The van der Waals surface area contributed by atoms with Gasteiger partial charge in [-0.3, -0.25) is 14.6 Å². The number of fused-ring (bicyclic) bond motifs is 1. The van der Waals surface area contributed by atoms with Crippen LogP contribution in [0, 0.1) is 0 Å². The zero-order valence-corrected chi connectivity index (χ0v) is 9.67. The minimum atomic E-state index is -0.994. The summed E-state index contributed by atoms with van der Waals surface area (Å²) in [7, 11) is 0. The number of hydrazine groups is 1. The highest BCUT2D eigenvalue weighted by Crippen LogP contribution is 2.26. The van der Waals surface area contributed by atoms with Gasteiger partial charge in [-0.2, -0.15) is 0 Å². The molecule has 0 aromatic rings. The van der Waals surface area contributed by atoms with Crippen molar-refractivity contribution < 1.29 is 9.59 Å². The molecule has 84 valence electrons. The molecule has 2 aliphatic heterocycles. The van der Waals surface area contributed by atoms with Crippen LogP contribution in [0.1, 0.15) is 19.3 Å². The first-order valence-electron chi connectivity index (χ1n) is 5.00. The van der Waals surface area contributed by atoms with E-state index < -0.39 is 4.84 Å². The summed E-state index contributed by atoms with van der Waals surface area (Å²) in [6.07, 6.45) is 2.01. The number of hydrogen-bond donors (Lipinski definition) is 0. The fourth-order valence-corrected chi connectivity index (χ4v) is 2.48. The molecule has 0 aliphatic carbocycles. The van der Waals surface area contributed by atoms with Crippen molar-refractivity contribution in [3.8, 4) is 0 Å². The van der Waals surface area contributed by atoms with Crippen molar-refractivity contribution in [2.24, 2.45) is 0 Å². The lowest BCUT2D eigenvalue weighted by molar-refractivity contribution is -0.153. The Morgan fingerprint density at radius 3 is 2.80 bits per heavy atom. The molecule has 0 N–H and O–H groups in total. The molecule has 0 aromatic heterocycles. The zero-order valence-electron chi connectivity index (χ0n) is 8.16. The second kappa shape index (κ2) is 4.28. The molecule has 2 aliphatic rings. The van der Waals surface area contributed by atoms with Gasteiger partial charge >= 0.3 is 0 Å². The third-order valence-electron chi connectivity index (χ3n) is 2.89. The Hall–Kier alpha value is -0.320. The number of nitrogens with zero attached hydrogens (tertiary/aromatic N) is 2. The number of alkyl halides is 2. The van der Waals surface area contributed by atoms with Gasteiger partial charge in [0.1, 0.15) is 0 Å². The molecule has 0 aromatic carbocycles. The van der Waals surface area contributed by atoms with Crippen molar-refractivity contribution >= 4 is 34.9 Å². The van der Waals surface area contributed by atoms with Crippen LogP contribution in [-0.2, 0) is 9.59 Å². The van der Waals surface area contributed by atoms with Gasteiger partial charge in [-0.15, -0.1) is 0 Å². The van der Waals surface area contributed by atoms with Crippen LogP contribution in [-0.4, -0.2) is 45.7 Å². The summed E-state index contributed by atoms with van der Waals surface area (Å²) < 4.78 is 0. The molecule has 1 atom stereocenters. The standard InChI is InChI=1S/C9H12Cl2N2O2/c10-9(11)8(15)6-3-5-13-7(14)2-1-4-12(6)13/h6,9H,1-5H2. The fraction of sp³-hybridized carbons (Fsp3) is 0.778. The summed E-state index contributed by atoms with van der Waals surface area (Å²) >= 11 is 11.1. The van der Waals surface area contributed by atoms with Crippen LogP contribution in [0.2, 0.25) is 0 Å². The maximum atomic E-state index is 11.7. The lowest BCUT2D eigenvalue weighted by atomic mass is 10.1. The van der Waals surface area contributed by atoms with Crippen LogP contribution >= 0.6 is 23.2 Å². The summed E-state index contributed by atoms with van der Waals surface area (Å²) in [4.78, 5) is 22.2. The van der Waals surface area contributed by atoms with Gasteiger partial charge in [-0.25, -0.2) is 5.01 Å². The summed E-state index contributed by atoms with van der Waals surface area (Å²) in [6.45, 7) is 1.35. The third-order valence-corrected chi connectivity index (χ3v) is 3.32. The summed E-state index contributed by atoms with van der Waals surface area (Å²) in [5.41, 5.74) is 0.